The highest BCUT2D eigenvalue weighted by atomic mass is 16.5. The molecule has 1 rings (SSSR count). The molecule has 0 saturated heterocycles. The number of ether oxygens (including phenoxy) is 1. The van der Waals surface area contributed by atoms with E-state index in [-0.39, 0.29) is 5.91 Å². The maximum absolute atomic E-state index is 11.9. The molecule has 2 atom stereocenters. The Balaban J connectivity index is 2.53. The first kappa shape index (κ1) is 15.0. The van der Waals surface area contributed by atoms with E-state index in [1.54, 1.807) is 14.0 Å². The van der Waals surface area contributed by atoms with Gasteiger partial charge in [-0.1, -0.05) is 25.1 Å². The molecule has 1 amide bonds. The van der Waals surface area contributed by atoms with Crippen LogP contribution in [0, 0.1) is 11.8 Å². The van der Waals surface area contributed by atoms with Crippen LogP contribution in [0.3, 0.4) is 0 Å². The van der Waals surface area contributed by atoms with Crippen LogP contribution in [0.25, 0.3) is 0 Å². The molecule has 19 heavy (non-hydrogen) atoms. The van der Waals surface area contributed by atoms with E-state index in [1.165, 1.54) is 6.08 Å². The van der Waals surface area contributed by atoms with Crippen LogP contribution in [0.5, 0.6) is 5.75 Å². The molecule has 0 saturated carbocycles. The topological polar surface area (TPSA) is 55.4 Å². The van der Waals surface area contributed by atoms with Gasteiger partial charge >= 0.3 is 0 Å². The number of hydrogen-bond donors (Lipinski definition) is 1. The van der Waals surface area contributed by atoms with Gasteiger partial charge in [0.05, 0.1) is 7.11 Å². The van der Waals surface area contributed by atoms with Gasteiger partial charge in [-0.05, 0) is 17.7 Å². The number of allylic oxidation sites excluding steroid dienone is 1. The molecule has 0 heterocycles. The zero-order chi connectivity index (χ0) is 14.3. The molecular weight excluding hydrogens is 242 g/mol. The Kier molecular flexibility index (Phi) is 5.79. The lowest BCUT2D eigenvalue weighted by atomic mass is 9.95. The van der Waals surface area contributed by atoms with Crippen molar-refractivity contribution in [2.45, 2.75) is 13.5 Å². The molecule has 0 spiro atoms. The van der Waals surface area contributed by atoms with E-state index in [0.717, 1.165) is 17.6 Å². The molecule has 0 aliphatic rings. The molecule has 1 N–H and O–H groups in total. The van der Waals surface area contributed by atoms with Crippen molar-refractivity contribution in [1.82, 2.24) is 5.32 Å². The molecule has 0 fully saturated rings. The summed E-state index contributed by atoms with van der Waals surface area (Å²) >= 11 is 0. The molecule has 4 heteroatoms. The number of methoxy groups -OCH3 is 1. The summed E-state index contributed by atoms with van der Waals surface area (Å²) in [6.45, 7) is 5.69. The van der Waals surface area contributed by atoms with Crippen LogP contribution < -0.4 is 10.1 Å². The molecule has 0 bridgehead atoms. The second-order valence-electron chi connectivity index (χ2n) is 4.30. The maximum atomic E-state index is 11.9. The van der Waals surface area contributed by atoms with E-state index in [0.29, 0.717) is 6.54 Å². The van der Waals surface area contributed by atoms with Crippen LogP contribution in [-0.4, -0.2) is 19.3 Å². The average Bonchev–Trinajstić information content (AvgIpc) is 2.46. The second kappa shape index (κ2) is 7.36. The van der Waals surface area contributed by atoms with Gasteiger partial charge in [-0.3, -0.25) is 4.79 Å². The van der Waals surface area contributed by atoms with E-state index in [4.69, 9.17) is 4.74 Å². The van der Waals surface area contributed by atoms with Crippen molar-refractivity contribution in [3.8, 4) is 5.75 Å². The second-order valence-corrected chi connectivity index (χ2v) is 4.30. The summed E-state index contributed by atoms with van der Waals surface area (Å²) in [5.74, 6) is -0.243. The van der Waals surface area contributed by atoms with Crippen molar-refractivity contribution < 1.29 is 14.3 Å². The fourth-order valence-electron chi connectivity index (χ4n) is 1.65. The Bertz CT molecular complexity index is 431. The van der Waals surface area contributed by atoms with Gasteiger partial charge in [0.2, 0.25) is 5.91 Å². The van der Waals surface area contributed by atoms with Crippen LogP contribution in [-0.2, 0) is 16.1 Å². The highest BCUT2D eigenvalue weighted by Gasteiger charge is 2.20. The summed E-state index contributed by atoms with van der Waals surface area (Å²) in [4.78, 5) is 22.6. The van der Waals surface area contributed by atoms with Crippen LogP contribution in [0.4, 0.5) is 0 Å². The molecule has 0 radical (unpaired) electrons. The first-order valence-electron chi connectivity index (χ1n) is 6.10. The van der Waals surface area contributed by atoms with Gasteiger partial charge in [-0.25, -0.2) is 0 Å². The molecule has 4 nitrogen and oxygen atoms in total. The number of nitrogens with one attached hydrogen (secondary N) is 1. The molecule has 102 valence electrons. The number of aldehydes is 1. The van der Waals surface area contributed by atoms with E-state index >= 15 is 0 Å². The van der Waals surface area contributed by atoms with Gasteiger partial charge in [0, 0.05) is 18.4 Å². The molecule has 0 aromatic heterocycles. The zero-order valence-corrected chi connectivity index (χ0v) is 11.3. The van der Waals surface area contributed by atoms with Crippen molar-refractivity contribution in [1.29, 1.82) is 0 Å². The molecule has 2 unspecified atom stereocenters. The summed E-state index contributed by atoms with van der Waals surface area (Å²) in [6, 6.07) is 7.44. The smallest absolute Gasteiger partial charge is 0.224 e. The molecular formula is C15H19NO3. The quantitative estimate of drug-likeness (QED) is 0.603. The number of amides is 1. The van der Waals surface area contributed by atoms with E-state index in [1.807, 2.05) is 24.3 Å². The predicted molar refractivity (Wildman–Crippen MR) is 73.8 cm³/mol. The minimum absolute atomic E-state index is 0.159. The first-order chi connectivity index (χ1) is 9.12. The SMILES string of the molecule is C=CC(C=O)C(C)C(=O)NCc1ccc(OC)cc1. The summed E-state index contributed by atoms with van der Waals surface area (Å²) in [6.07, 6.45) is 2.23. The predicted octanol–water partition coefficient (Wildman–Crippen LogP) is 1.95. The van der Waals surface area contributed by atoms with Gasteiger partial charge in [0.25, 0.3) is 0 Å². The van der Waals surface area contributed by atoms with Crippen LogP contribution in [0.1, 0.15) is 12.5 Å². The first-order valence-corrected chi connectivity index (χ1v) is 6.10. The fourth-order valence-corrected chi connectivity index (χ4v) is 1.65. The Morgan fingerprint density at radius 1 is 1.42 bits per heavy atom. The monoisotopic (exact) mass is 261 g/mol. The Hall–Kier alpha value is -2.10. The number of carbonyl (C=O) groups is 2. The van der Waals surface area contributed by atoms with E-state index in [2.05, 4.69) is 11.9 Å². The zero-order valence-electron chi connectivity index (χ0n) is 11.3. The minimum Gasteiger partial charge on any atom is -0.497 e. The summed E-state index contributed by atoms with van der Waals surface area (Å²) in [7, 11) is 1.60. The molecule has 0 aliphatic heterocycles. The molecule has 0 aliphatic carbocycles. The summed E-state index contributed by atoms with van der Waals surface area (Å²) < 4.78 is 5.06. The minimum atomic E-state index is -0.448. The number of benzene rings is 1. The number of hydrogen-bond acceptors (Lipinski definition) is 3. The van der Waals surface area contributed by atoms with E-state index < -0.39 is 11.8 Å². The third kappa shape index (κ3) is 4.25. The van der Waals surface area contributed by atoms with Crippen molar-refractivity contribution in [2.24, 2.45) is 11.8 Å². The summed E-state index contributed by atoms with van der Waals surface area (Å²) in [5, 5.41) is 2.80. The maximum Gasteiger partial charge on any atom is 0.224 e. The summed E-state index contributed by atoms with van der Waals surface area (Å²) in [5.41, 5.74) is 0.975. The standard InChI is InChI=1S/C15H19NO3/c1-4-13(10-17)11(2)15(18)16-9-12-5-7-14(19-3)8-6-12/h4-8,10-11,13H,1,9H2,2-3H3,(H,16,18). The van der Waals surface area contributed by atoms with Gasteiger partial charge < -0.3 is 14.8 Å². The van der Waals surface area contributed by atoms with Crippen molar-refractivity contribution in [2.75, 3.05) is 7.11 Å². The Morgan fingerprint density at radius 3 is 2.53 bits per heavy atom. The molecule has 1 aromatic rings. The average molecular weight is 261 g/mol. The van der Waals surface area contributed by atoms with Crippen molar-refractivity contribution in [3.05, 3.63) is 42.5 Å². The molecule has 1 aromatic carbocycles. The lowest BCUT2D eigenvalue weighted by Gasteiger charge is -2.15. The lowest BCUT2D eigenvalue weighted by molar-refractivity contribution is -0.128. The van der Waals surface area contributed by atoms with Gasteiger partial charge in [0.1, 0.15) is 12.0 Å². The third-order valence-electron chi connectivity index (χ3n) is 3.05. The normalized spacial score (nSPS) is 13.2. The third-order valence-corrected chi connectivity index (χ3v) is 3.05. The lowest BCUT2D eigenvalue weighted by Crippen LogP contribution is -2.32. The van der Waals surface area contributed by atoms with Crippen LogP contribution >= 0.6 is 0 Å². The fraction of sp³-hybridized carbons (Fsp3) is 0.333. The van der Waals surface area contributed by atoms with Crippen molar-refractivity contribution >= 4 is 12.2 Å². The van der Waals surface area contributed by atoms with Crippen LogP contribution in [0.2, 0.25) is 0 Å². The van der Waals surface area contributed by atoms with Crippen LogP contribution in [0.15, 0.2) is 36.9 Å². The Morgan fingerprint density at radius 2 is 2.05 bits per heavy atom. The number of carbonyl (C=O) groups excluding carboxylic acids is 2. The highest BCUT2D eigenvalue weighted by molar-refractivity contribution is 5.82. The van der Waals surface area contributed by atoms with Crippen molar-refractivity contribution in [3.63, 3.8) is 0 Å². The van der Waals surface area contributed by atoms with Gasteiger partial charge in [-0.15, -0.1) is 6.58 Å². The largest absolute Gasteiger partial charge is 0.497 e. The highest BCUT2D eigenvalue weighted by Crippen LogP contribution is 2.13. The van der Waals surface area contributed by atoms with Gasteiger partial charge in [0.15, 0.2) is 0 Å². The Labute approximate surface area is 113 Å². The van der Waals surface area contributed by atoms with Gasteiger partial charge in [-0.2, -0.15) is 0 Å². The van der Waals surface area contributed by atoms with E-state index in [9.17, 15) is 9.59 Å². The number of rotatable bonds is 7.